The molecule has 0 amide bonds. The van der Waals surface area contributed by atoms with Gasteiger partial charge in [0.15, 0.2) is 0 Å². The van der Waals surface area contributed by atoms with Gasteiger partial charge in [0, 0.05) is 5.56 Å². The van der Waals surface area contributed by atoms with Crippen molar-refractivity contribution >= 4 is 23.2 Å². The number of ether oxygens (including phenoxy) is 1. The lowest BCUT2D eigenvalue weighted by Gasteiger charge is -2.11. The second-order valence-electron chi connectivity index (χ2n) is 4.84. The third kappa shape index (κ3) is 3.89. The smallest absolute Gasteiger partial charge is 0.335 e. The molecule has 2 rings (SSSR count). The van der Waals surface area contributed by atoms with Gasteiger partial charge in [-0.1, -0.05) is 24.3 Å². The molecule has 0 radical (unpaired) electrons. The van der Waals surface area contributed by atoms with E-state index in [0.717, 1.165) is 0 Å². The molecule has 0 heterocycles. The van der Waals surface area contributed by atoms with E-state index in [9.17, 15) is 9.59 Å². The number of hydrazone groups is 1. The molecule has 0 spiro atoms. The van der Waals surface area contributed by atoms with Crippen LogP contribution in [0.1, 0.15) is 15.9 Å². The summed E-state index contributed by atoms with van der Waals surface area (Å²) >= 11 is 0. The summed E-state index contributed by atoms with van der Waals surface area (Å²) in [5.74, 6) is 4.57. The Balaban J connectivity index is 2.10. The number of rotatable bonds is 7. The van der Waals surface area contributed by atoms with Gasteiger partial charge in [-0.05, 0) is 24.3 Å². The summed E-state index contributed by atoms with van der Waals surface area (Å²) in [4.78, 5) is 23.2. The molecular weight excluding hydrogens is 310 g/mol. The first-order chi connectivity index (χ1) is 11.6. The molecule has 0 aromatic heterocycles. The number of nitrogens with zero attached hydrogens (tertiary/aromatic N) is 1. The van der Waals surface area contributed by atoms with Gasteiger partial charge < -0.3 is 21.0 Å². The Morgan fingerprint density at radius 1 is 1.12 bits per heavy atom. The number of nitrogens with one attached hydrogen (secondary N) is 1. The van der Waals surface area contributed by atoms with Crippen LogP contribution in [-0.2, 0) is 4.79 Å². The van der Waals surface area contributed by atoms with Gasteiger partial charge in [0.2, 0.25) is 5.78 Å². The lowest BCUT2D eigenvalue weighted by atomic mass is 10.0. The minimum atomic E-state index is -1.04. The van der Waals surface area contributed by atoms with E-state index in [1.165, 1.54) is 24.3 Å². The lowest BCUT2D eigenvalue weighted by molar-refractivity contribution is -0.111. The average Bonchev–Trinajstić information content (AvgIpc) is 2.61. The number of benzene rings is 2. The quantitative estimate of drug-likeness (QED) is 0.405. The predicted octanol–water partition coefficient (Wildman–Crippen LogP) is 1.74. The molecule has 4 N–H and O–H groups in total. The number of carbonyl (C=O) groups excluding carboxylic acids is 1. The van der Waals surface area contributed by atoms with Crippen LogP contribution in [0.15, 0.2) is 53.6 Å². The Morgan fingerprint density at radius 2 is 1.75 bits per heavy atom. The number of aromatic carboxylic acids is 1. The number of methoxy groups -OCH3 is 1. The van der Waals surface area contributed by atoms with E-state index in [1.54, 1.807) is 19.2 Å². The molecular formula is C17H17N3O4. The predicted molar refractivity (Wildman–Crippen MR) is 90.6 cm³/mol. The van der Waals surface area contributed by atoms with Crippen molar-refractivity contribution in [2.75, 3.05) is 19.0 Å². The second-order valence-corrected chi connectivity index (χ2v) is 4.84. The Labute approximate surface area is 138 Å². The number of carbonyl (C=O) groups is 2. The molecule has 0 saturated heterocycles. The third-order valence-electron chi connectivity index (χ3n) is 3.34. The SMILES string of the molecule is COc1ccccc1NCC(=O)/C(=N/N)c1ccc(C(=O)O)cc1. The molecule has 2 aromatic rings. The van der Waals surface area contributed by atoms with Gasteiger partial charge in [-0.15, -0.1) is 0 Å². The number of carboxylic acids is 1. The summed E-state index contributed by atoms with van der Waals surface area (Å²) in [7, 11) is 1.54. The largest absolute Gasteiger partial charge is 0.495 e. The van der Waals surface area contributed by atoms with Crippen molar-refractivity contribution < 1.29 is 19.4 Å². The third-order valence-corrected chi connectivity index (χ3v) is 3.34. The maximum Gasteiger partial charge on any atom is 0.335 e. The summed E-state index contributed by atoms with van der Waals surface area (Å²) in [5, 5.41) is 15.4. The van der Waals surface area contributed by atoms with Crippen LogP contribution in [0, 0.1) is 0 Å². The molecule has 24 heavy (non-hydrogen) atoms. The van der Waals surface area contributed by atoms with Crippen LogP contribution < -0.4 is 15.9 Å². The molecule has 7 heteroatoms. The first-order valence-electron chi connectivity index (χ1n) is 7.08. The van der Waals surface area contributed by atoms with Crippen LogP contribution >= 0.6 is 0 Å². The van der Waals surface area contributed by atoms with Gasteiger partial charge in [-0.3, -0.25) is 4.79 Å². The van der Waals surface area contributed by atoms with E-state index in [-0.39, 0.29) is 23.6 Å². The van der Waals surface area contributed by atoms with Crippen molar-refractivity contribution in [3.63, 3.8) is 0 Å². The number of Topliss-reactive ketones (excluding diaryl/α,β-unsaturated/α-hetero) is 1. The Hall–Kier alpha value is -3.35. The van der Waals surface area contributed by atoms with E-state index in [2.05, 4.69) is 10.4 Å². The topological polar surface area (TPSA) is 114 Å². The Morgan fingerprint density at radius 3 is 2.33 bits per heavy atom. The van der Waals surface area contributed by atoms with Gasteiger partial charge in [0.05, 0.1) is 24.9 Å². The molecule has 0 aliphatic carbocycles. The van der Waals surface area contributed by atoms with Crippen molar-refractivity contribution in [3.8, 4) is 5.75 Å². The number of hydrogen-bond acceptors (Lipinski definition) is 6. The van der Waals surface area contributed by atoms with Gasteiger partial charge in [0.25, 0.3) is 0 Å². The van der Waals surface area contributed by atoms with Crippen LogP contribution in [0.5, 0.6) is 5.75 Å². The number of nitrogens with two attached hydrogens (primary N) is 1. The maximum atomic E-state index is 12.3. The highest BCUT2D eigenvalue weighted by Crippen LogP contribution is 2.22. The summed E-state index contributed by atoms with van der Waals surface area (Å²) in [6, 6.07) is 13.0. The van der Waals surface area contributed by atoms with Crippen LogP contribution in [0.3, 0.4) is 0 Å². The number of ketones is 1. The van der Waals surface area contributed by atoms with Gasteiger partial charge in [0.1, 0.15) is 11.5 Å². The fourth-order valence-corrected chi connectivity index (χ4v) is 2.13. The molecule has 0 saturated carbocycles. The minimum Gasteiger partial charge on any atom is -0.495 e. The zero-order valence-electron chi connectivity index (χ0n) is 13.0. The first-order valence-corrected chi connectivity index (χ1v) is 7.08. The zero-order chi connectivity index (χ0) is 17.5. The molecule has 0 bridgehead atoms. The molecule has 0 atom stereocenters. The van der Waals surface area contributed by atoms with Crippen LogP contribution in [0.4, 0.5) is 5.69 Å². The Bertz CT molecular complexity index is 770. The molecule has 0 aliphatic heterocycles. The normalized spacial score (nSPS) is 11.0. The van der Waals surface area contributed by atoms with Crippen molar-refractivity contribution in [1.82, 2.24) is 0 Å². The van der Waals surface area contributed by atoms with E-state index in [4.69, 9.17) is 15.7 Å². The zero-order valence-corrected chi connectivity index (χ0v) is 13.0. The number of carboxylic acid groups (broad SMARTS) is 1. The van der Waals surface area contributed by atoms with Crippen molar-refractivity contribution in [2.24, 2.45) is 10.9 Å². The van der Waals surface area contributed by atoms with E-state index in [1.807, 2.05) is 12.1 Å². The minimum absolute atomic E-state index is 0.0307. The van der Waals surface area contributed by atoms with E-state index < -0.39 is 5.97 Å². The van der Waals surface area contributed by atoms with Gasteiger partial charge in [-0.2, -0.15) is 5.10 Å². The maximum absolute atomic E-state index is 12.3. The molecule has 7 nitrogen and oxygen atoms in total. The Kier molecular flexibility index (Phi) is 5.51. The summed E-state index contributed by atoms with van der Waals surface area (Å²) in [6.07, 6.45) is 0. The highest BCUT2D eigenvalue weighted by molar-refractivity contribution is 6.47. The fourth-order valence-electron chi connectivity index (χ4n) is 2.13. The highest BCUT2D eigenvalue weighted by atomic mass is 16.5. The molecule has 0 unspecified atom stereocenters. The first kappa shape index (κ1) is 17.0. The van der Waals surface area contributed by atoms with Crippen molar-refractivity contribution in [2.45, 2.75) is 0 Å². The van der Waals surface area contributed by atoms with E-state index in [0.29, 0.717) is 17.0 Å². The summed E-state index contributed by atoms with van der Waals surface area (Å²) in [6.45, 7) is -0.0307. The molecule has 0 aliphatic rings. The van der Waals surface area contributed by atoms with Crippen LogP contribution in [-0.4, -0.2) is 36.2 Å². The van der Waals surface area contributed by atoms with Crippen molar-refractivity contribution in [1.29, 1.82) is 0 Å². The standard InChI is InChI=1S/C17H17N3O4/c1-24-15-5-3-2-4-13(15)19-10-14(21)16(20-18)11-6-8-12(9-7-11)17(22)23/h2-9,19H,10,18H2,1H3,(H,22,23)/b20-16+. The second kappa shape index (κ2) is 7.77. The number of para-hydroxylation sites is 2. The van der Waals surface area contributed by atoms with Gasteiger partial charge in [-0.25, -0.2) is 4.79 Å². The summed E-state index contributed by atoms with van der Waals surface area (Å²) < 4.78 is 5.20. The van der Waals surface area contributed by atoms with E-state index >= 15 is 0 Å². The highest BCUT2D eigenvalue weighted by Gasteiger charge is 2.15. The fraction of sp³-hybridized carbons (Fsp3) is 0.118. The number of hydrogen-bond donors (Lipinski definition) is 3. The van der Waals surface area contributed by atoms with Crippen LogP contribution in [0.2, 0.25) is 0 Å². The van der Waals surface area contributed by atoms with Crippen molar-refractivity contribution in [3.05, 3.63) is 59.7 Å². The molecule has 2 aromatic carbocycles. The number of anilines is 1. The van der Waals surface area contributed by atoms with Crippen LogP contribution in [0.25, 0.3) is 0 Å². The lowest BCUT2D eigenvalue weighted by Crippen LogP contribution is -2.25. The average molecular weight is 327 g/mol. The summed E-state index contributed by atoms with van der Waals surface area (Å²) in [5.41, 5.74) is 1.31. The van der Waals surface area contributed by atoms with Gasteiger partial charge >= 0.3 is 5.97 Å². The monoisotopic (exact) mass is 327 g/mol. The molecule has 0 fully saturated rings. The molecule has 124 valence electrons.